The Labute approximate surface area is 145 Å². The van der Waals surface area contributed by atoms with Gasteiger partial charge in [-0.3, -0.25) is 4.79 Å². The fraction of sp³-hybridized carbons (Fsp3) is 0.526. The lowest BCUT2D eigenvalue weighted by Gasteiger charge is -2.38. The SMILES string of the molecule is CC(C)(C)[Si](C)(C)O[C@@H]1CC(=O)O[C@@H]1C=C[C@H](O)c1ccccc1. The first-order valence-electron chi connectivity index (χ1n) is 8.39. The quantitative estimate of drug-likeness (QED) is 0.497. The van der Waals surface area contributed by atoms with Crippen molar-refractivity contribution >= 4 is 14.3 Å². The summed E-state index contributed by atoms with van der Waals surface area (Å²) in [5, 5.41) is 10.3. The molecule has 1 fully saturated rings. The van der Waals surface area contributed by atoms with Crippen LogP contribution in [0.1, 0.15) is 38.9 Å². The molecule has 1 aromatic rings. The van der Waals surface area contributed by atoms with Gasteiger partial charge in [0.2, 0.25) is 0 Å². The zero-order valence-corrected chi connectivity index (χ0v) is 16.2. The maximum atomic E-state index is 11.7. The van der Waals surface area contributed by atoms with Crippen LogP contribution in [0.5, 0.6) is 0 Å². The van der Waals surface area contributed by atoms with Crippen LogP contribution in [-0.2, 0) is 14.0 Å². The second-order valence-corrected chi connectivity index (χ2v) is 12.6. The third-order valence-electron chi connectivity index (χ3n) is 4.88. The van der Waals surface area contributed by atoms with Gasteiger partial charge in [-0.15, -0.1) is 0 Å². The molecule has 0 amide bonds. The van der Waals surface area contributed by atoms with Gasteiger partial charge in [0.1, 0.15) is 6.10 Å². The molecule has 2 rings (SSSR count). The standard InChI is InChI=1S/C19H28O4Si/c1-19(2,3)24(4,5)23-17-13-18(21)22-16(17)12-11-15(20)14-9-7-6-8-10-14/h6-12,15-17,20H,13H2,1-5H3/t15-,16+,17+/m0/s1. The average Bonchev–Trinajstić information content (AvgIpc) is 2.83. The van der Waals surface area contributed by atoms with E-state index in [1.54, 1.807) is 12.2 Å². The third-order valence-corrected chi connectivity index (χ3v) is 9.38. The molecule has 1 aromatic carbocycles. The van der Waals surface area contributed by atoms with Gasteiger partial charge >= 0.3 is 5.97 Å². The van der Waals surface area contributed by atoms with Crippen molar-refractivity contribution < 1.29 is 19.1 Å². The number of aliphatic hydroxyl groups is 1. The minimum atomic E-state index is -1.99. The summed E-state index contributed by atoms with van der Waals surface area (Å²) in [6, 6.07) is 9.39. The first-order chi connectivity index (χ1) is 11.1. The van der Waals surface area contributed by atoms with E-state index in [0.717, 1.165) is 5.56 Å². The van der Waals surface area contributed by atoms with E-state index in [1.807, 2.05) is 30.3 Å². The Kier molecular flexibility index (Phi) is 5.68. The Morgan fingerprint density at radius 1 is 1.29 bits per heavy atom. The van der Waals surface area contributed by atoms with Crippen molar-refractivity contribution in [1.29, 1.82) is 0 Å². The van der Waals surface area contributed by atoms with Crippen molar-refractivity contribution in [3.63, 3.8) is 0 Å². The molecule has 0 aromatic heterocycles. The second-order valence-electron chi connectivity index (χ2n) is 7.82. The van der Waals surface area contributed by atoms with Crippen LogP contribution < -0.4 is 0 Å². The summed E-state index contributed by atoms with van der Waals surface area (Å²) in [7, 11) is -1.99. The molecule has 0 bridgehead atoms. The lowest BCUT2D eigenvalue weighted by atomic mass is 10.1. The normalized spacial score (nSPS) is 23.5. The Balaban J connectivity index is 2.08. The molecule has 5 heteroatoms. The van der Waals surface area contributed by atoms with E-state index in [1.165, 1.54) is 0 Å². The summed E-state index contributed by atoms with van der Waals surface area (Å²) in [6.07, 6.45) is 2.24. The summed E-state index contributed by atoms with van der Waals surface area (Å²) in [5.74, 6) is -0.248. The molecule has 1 aliphatic heterocycles. The van der Waals surface area contributed by atoms with Gasteiger partial charge in [0.25, 0.3) is 0 Å². The molecule has 0 saturated carbocycles. The molecule has 24 heavy (non-hydrogen) atoms. The number of hydrogen-bond acceptors (Lipinski definition) is 4. The number of benzene rings is 1. The number of carbonyl (C=O) groups is 1. The topological polar surface area (TPSA) is 55.8 Å². The summed E-state index contributed by atoms with van der Waals surface area (Å²) in [4.78, 5) is 11.7. The summed E-state index contributed by atoms with van der Waals surface area (Å²) in [5.41, 5.74) is 0.805. The van der Waals surface area contributed by atoms with Gasteiger partial charge in [-0.05, 0) is 29.8 Å². The number of esters is 1. The zero-order chi connectivity index (χ0) is 18.0. The van der Waals surface area contributed by atoms with E-state index in [2.05, 4.69) is 33.9 Å². The van der Waals surface area contributed by atoms with Crippen molar-refractivity contribution in [1.82, 2.24) is 0 Å². The van der Waals surface area contributed by atoms with Gasteiger partial charge in [0.15, 0.2) is 8.32 Å². The van der Waals surface area contributed by atoms with E-state index in [-0.39, 0.29) is 23.5 Å². The number of carbonyl (C=O) groups excluding carboxylic acids is 1. The lowest BCUT2D eigenvalue weighted by Crippen LogP contribution is -2.45. The molecule has 0 aliphatic carbocycles. The highest BCUT2D eigenvalue weighted by atomic mass is 28.4. The number of rotatable bonds is 5. The summed E-state index contributed by atoms with van der Waals surface area (Å²) in [6.45, 7) is 10.8. The maximum Gasteiger partial charge on any atom is 0.309 e. The first kappa shape index (κ1) is 18.9. The molecule has 3 atom stereocenters. The van der Waals surface area contributed by atoms with Crippen molar-refractivity contribution in [3.05, 3.63) is 48.0 Å². The predicted octanol–water partition coefficient (Wildman–Crippen LogP) is 3.98. The van der Waals surface area contributed by atoms with Crippen LogP contribution in [0.3, 0.4) is 0 Å². The van der Waals surface area contributed by atoms with Crippen LogP contribution in [0.15, 0.2) is 42.5 Å². The number of hydrogen-bond donors (Lipinski definition) is 1. The summed E-state index contributed by atoms with van der Waals surface area (Å²) < 4.78 is 11.7. The predicted molar refractivity (Wildman–Crippen MR) is 97.1 cm³/mol. The Bertz CT molecular complexity index is 589. The summed E-state index contributed by atoms with van der Waals surface area (Å²) >= 11 is 0. The van der Waals surface area contributed by atoms with Crippen LogP contribution in [0.4, 0.5) is 0 Å². The third kappa shape index (κ3) is 4.56. The van der Waals surface area contributed by atoms with Crippen molar-refractivity contribution in [2.45, 2.75) is 63.6 Å². The van der Waals surface area contributed by atoms with E-state index < -0.39 is 20.5 Å². The monoisotopic (exact) mass is 348 g/mol. The van der Waals surface area contributed by atoms with Crippen molar-refractivity contribution in [3.8, 4) is 0 Å². The van der Waals surface area contributed by atoms with Gasteiger partial charge in [-0.25, -0.2) is 0 Å². The van der Waals surface area contributed by atoms with Crippen LogP contribution in [0, 0.1) is 0 Å². The minimum absolute atomic E-state index is 0.0659. The molecular weight excluding hydrogens is 320 g/mol. The van der Waals surface area contributed by atoms with E-state index in [9.17, 15) is 9.90 Å². The number of ether oxygens (including phenoxy) is 1. The molecule has 4 nitrogen and oxygen atoms in total. The molecule has 0 unspecified atom stereocenters. The van der Waals surface area contributed by atoms with E-state index in [4.69, 9.17) is 9.16 Å². The van der Waals surface area contributed by atoms with Gasteiger partial charge in [0, 0.05) is 0 Å². The van der Waals surface area contributed by atoms with Crippen LogP contribution >= 0.6 is 0 Å². The smallest absolute Gasteiger partial charge is 0.309 e. The second kappa shape index (κ2) is 7.21. The molecule has 132 valence electrons. The largest absolute Gasteiger partial charge is 0.455 e. The van der Waals surface area contributed by atoms with Crippen LogP contribution in [-0.4, -0.2) is 31.6 Å². The Morgan fingerprint density at radius 2 is 1.92 bits per heavy atom. The van der Waals surface area contributed by atoms with Gasteiger partial charge < -0.3 is 14.3 Å². The first-order valence-corrected chi connectivity index (χ1v) is 11.3. The Hall–Kier alpha value is -1.43. The van der Waals surface area contributed by atoms with Gasteiger partial charge in [-0.1, -0.05) is 57.2 Å². The molecule has 0 radical (unpaired) electrons. The van der Waals surface area contributed by atoms with Gasteiger partial charge in [-0.2, -0.15) is 0 Å². The average molecular weight is 349 g/mol. The number of aliphatic hydroxyl groups excluding tert-OH is 1. The fourth-order valence-corrected chi connectivity index (χ4v) is 3.69. The van der Waals surface area contributed by atoms with E-state index >= 15 is 0 Å². The molecule has 1 aliphatic rings. The van der Waals surface area contributed by atoms with Crippen LogP contribution in [0.2, 0.25) is 18.1 Å². The highest BCUT2D eigenvalue weighted by Gasteiger charge is 2.44. The Morgan fingerprint density at radius 3 is 2.50 bits per heavy atom. The number of cyclic esters (lactones) is 1. The van der Waals surface area contributed by atoms with Crippen molar-refractivity contribution in [2.24, 2.45) is 0 Å². The van der Waals surface area contributed by atoms with Crippen LogP contribution in [0.25, 0.3) is 0 Å². The lowest BCUT2D eigenvalue weighted by molar-refractivity contribution is -0.140. The highest BCUT2D eigenvalue weighted by molar-refractivity contribution is 6.74. The van der Waals surface area contributed by atoms with E-state index in [0.29, 0.717) is 0 Å². The maximum absolute atomic E-state index is 11.7. The minimum Gasteiger partial charge on any atom is -0.455 e. The molecule has 1 N–H and O–H groups in total. The molecule has 0 spiro atoms. The van der Waals surface area contributed by atoms with Crippen molar-refractivity contribution in [2.75, 3.05) is 0 Å². The van der Waals surface area contributed by atoms with Gasteiger partial charge in [0.05, 0.1) is 18.6 Å². The zero-order valence-electron chi connectivity index (χ0n) is 15.2. The highest BCUT2D eigenvalue weighted by Crippen LogP contribution is 2.39. The molecule has 1 heterocycles. The fourth-order valence-electron chi connectivity index (χ4n) is 2.36. The molecule has 1 saturated heterocycles. The molecular formula is C19H28O4Si.